The highest BCUT2D eigenvalue weighted by Crippen LogP contribution is 2.24. The van der Waals surface area contributed by atoms with Crippen LogP contribution in [-0.4, -0.2) is 47.3 Å². The molecule has 0 radical (unpaired) electrons. The van der Waals surface area contributed by atoms with Gasteiger partial charge in [-0.05, 0) is 18.6 Å². The minimum Gasteiger partial charge on any atom is -0.395 e. The summed E-state index contributed by atoms with van der Waals surface area (Å²) >= 11 is 1.99. The molecule has 1 fully saturated rings. The van der Waals surface area contributed by atoms with Crippen LogP contribution in [0.5, 0.6) is 0 Å². The van der Waals surface area contributed by atoms with Crippen molar-refractivity contribution in [1.82, 2.24) is 4.90 Å². The molecule has 1 N–H and O–H groups in total. The third-order valence-corrected chi connectivity index (χ3v) is 3.58. The zero-order valence-corrected chi connectivity index (χ0v) is 9.35. The first-order valence-electron chi connectivity index (χ1n) is 5.31. The monoisotopic (exact) mass is 203 g/mol. The smallest absolute Gasteiger partial charge is 0.0558 e. The summed E-state index contributed by atoms with van der Waals surface area (Å²) in [5, 5.41) is 8.91. The van der Waals surface area contributed by atoms with Gasteiger partial charge in [-0.15, -0.1) is 0 Å². The van der Waals surface area contributed by atoms with E-state index in [-0.39, 0.29) is 0 Å². The number of rotatable bonds is 7. The topological polar surface area (TPSA) is 23.5 Å². The Bertz CT molecular complexity index is 128. The highest BCUT2D eigenvalue weighted by molar-refractivity contribution is 7.99. The Kier molecular flexibility index (Phi) is 5.83. The van der Waals surface area contributed by atoms with Gasteiger partial charge in [-0.1, -0.05) is 13.3 Å². The lowest BCUT2D eigenvalue weighted by Crippen LogP contribution is -2.42. The third-order valence-electron chi connectivity index (χ3n) is 2.71. The van der Waals surface area contributed by atoms with E-state index in [4.69, 9.17) is 5.11 Å². The van der Waals surface area contributed by atoms with Crippen LogP contribution in [0.15, 0.2) is 0 Å². The zero-order valence-electron chi connectivity index (χ0n) is 8.54. The van der Waals surface area contributed by atoms with E-state index in [0.29, 0.717) is 6.61 Å². The second-order valence-electron chi connectivity index (χ2n) is 3.54. The fourth-order valence-electron chi connectivity index (χ4n) is 1.68. The van der Waals surface area contributed by atoms with Gasteiger partial charge < -0.3 is 5.11 Å². The molecular formula is C10H21NOS. The van der Waals surface area contributed by atoms with Gasteiger partial charge in [0.05, 0.1) is 6.61 Å². The number of hydrogen-bond acceptors (Lipinski definition) is 3. The molecule has 1 rings (SSSR count). The van der Waals surface area contributed by atoms with Crippen molar-refractivity contribution in [3.05, 3.63) is 0 Å². The molecule has 2 nitrogen and oxygen atoms in total. The quantitative estimate of drug-likeness (QED) is 0.636. The van der Waals surface area contributed by atoms with Crippen LogP contribution in [0, 0.1) is 0 Å². The summed E-state index contributed by atoms with van der Waals surface area (Å²) in [6.45, 7) is 4.54. The molecule has 0 amide bonds. The van der Waals surface area contributed by atoms with Crippen molar-refractivity contribution in [2.24, 2.45) is 0 Å². The van der Waals surface area contributed by atoms with Gasteiger partial charge in [-0.2, -0.15) is 11.8 Å². The van der Waals surface area contributed by atoms with Crippen LogP contribution in [0.4, 0.5) is 0 Å². The SMILES string of the molecule is CCSCCN(CCO)C1CCC1. The van der Waals surface area contributed by atoms with Gasteiger partial charge in [-0.25, -0.2) is 0 Å². The van der Waals surface area contributed by atoms with Crippen LogP contribution >= 0.6 is 11.8 Å². The van der Waals surface area contributed by atoms with Crippen molar-refractivity contribution >= 4 is 11.8 Å². The third kappa shape index (κ3) is 3.88. The van der Waals surface area contributed by atoms with Crippen LogP contribution in [0.3, 0.4) is 0 Å². The molecule has 0 aromatic carbocycles. The summed E-state index contributed by atoms with van der Waals surface area (Å²) in [6, 6.07) is 0.782. The fraction of sp³-hybridized carbons (Fsp3) is 1.00. The molecule has 0 aromatic heterocycles. The van der Waals surface area contributed by atoms with E-state index in [1.54, 1.807) is 0 Å². The molecule has 0 saturated heterocycles. The predicted octanol–water partition coefficient (Wildman–Crippen LogP) is 1.59. The minimum absolute atomic E-state index is 0.313. The average Bonchev–Trinajstić information content (AvgIpc) is 2.02. The normalized spacial score (nSPS) is 17.8. The first-order valence-corrected chi connectivity index (χ1v) is 6.46. The molecular weight excluding hydrogens is 182 g/mol. The van der Waals surface area contributed by atoms with Crippen molar-refractivity contribution in [2.45, 2.75) is 32.2 Å². The van der Waals surface area contributed by atoms with Gasteiger partial charge >= 0.3 is 0 Å². The lowest BCUT2D eigenvalue weighted by atomic mass is 9.91. The van der Waals surface area contributed by atoms with Crippen molar-refractivity contribution in [2.75, 3.05) is 31.2 Å². The van der Waals surface area contributed by atoms with E-state index in [1.807, 2.05) is 11.8 Å². The van der Waals surface area contributed by atoms with Gasteiger partial charge in [0.15, 0.2) is 0 Å². The molecule has 1 aliphatic rings. The van der Waals surface area contributed by atoms with Gasteiger partial charge in [-0.3, -0.25) is 4.90 Å². The maximum Gasteiger partial charge on any atom is 0.0558 e. The molecule has 0 bridgehead atoms. The maximum absolute atomic E-state index is 8.91. The van der Waals surface area contributed by atoms with E-state index in [2.05, 4.69) is 11.8 Å². The average molecular weight is 203 g/mol. The number of hydrogen-bond donors (Lipinski definition) is 1. The summed E-state index contributed by atoms with van der Waals surface area (Å²) < 4.78 is 0. The van der Waals surface area contributed by atoms with Crippen LogP contribution in [0.1, 0.15) is 26.2 Å². The summed E-state index contributed by atoms with van der Waals surface area (Å²) in [7, 11) is 0. The van der Waals surface area contributed by atoms with Gasteiger partial charge in [0.2, 0.25) is 0 Å². The predicted molar refractivity (Wildman–Crippen MR) is 59.3 cm³/mol. The summed E-state index contributed by atoms with van der Waals surface area (Å²) in [6.07, 6.45) is 4.07. The Hall–Kier alpha value is 0.270. The largest absolute Gasteiger partial charge is 0.395 e. The van der Waals surface area contributed by atoms with Crippen molar-refractivity contribution in [3.8, 4) is 0 Å². The van der Waals surface area contributed by atoms with Crippen molar-refractivity contribution in [3.63, 3.8) is 0 Å². The van der Waals surface area contributed by atoms with E-state index >= 15 is 0 Å². The van der Waals surface area contributed by atoms with Crippen molar-refractivity contribution < 1.29 is 5.11 Å². The Morgan fingerprint density at radius 1 is 1.38 bits per heavy atom. The molecule has 78 valence electrons. The first kappa shape index (κ1) is 11.3. The second-order valence-corrected chi connectivity index (χ2v) is 4.94. The summed E-state index contributed by atoms with van der Waals surface area (Å²) in [5.74, 6) is 2.42. The molecule has 0 atom stereocenters. The molecule has 3 heteroatoms. The highest BCUT2D eigenvalue weighted by atomic mass is 32.2. The highest BCUT2D eigenvalue weighted by Gasteiger charge is 2.23. The van der Waals surface area contributed by atoms with Crippen LogP contribution in [0.25, 0.3) is 0 Å². The van der Waals surface area contributed by atoms with E-state index in [0.717, 1.165) is 19.1 Å². The minimum atomic E-state index is 0.313. The van der Waals surface area contributed by atoms with E-state index < -0.39 is 0 Å². The molecule has 13 heavy (non-hydrogen) atoms. The van der Waals surface area contributed by atoms with Gasteiger partial charge in [0, 0.05) is 24.9 Å². The van der Waals surface area contributed by atoms with Crippen LogP contribution in [-0.2, 0) is 0 Å². The first-order chi connectivity index (χ1) is 6.38. The number of thioether (sulfide) groups is 1. The molecule has 0 aliphatic heterocycles. The number of aliphatic hydroxyl groups is 1. The summed E-state index contributed by atoms with van der Waals surface area (Å²) in [5.41, 5.74) is 0. The lowest BCUT2D eigenvalue weighted by Gasteiger charge is -2.37. The zero-order chi connectivity index (χ0) is 9.52. The van der Waals surface area contributed by atoms with Gasteiger partial charge in [0.25, 0.3) is 0 Å². The van der Waals surface area contributed by atoms with E-state index in [9.17, 15) is 0 Å². The lowest BCUT2D eigenvalue weighted by molar-refractivity contribution is 0.108. The van der Waals surface area contributed by atoms with Crippen molar-refractivity contribution in [1.29, 1.82) is 0 Å². The molecule has 0 heterocycles. The standard InChI is InChI=1S/C10H21NOS/c1-2-13-9-7-11(6-8-12)10-4-3-5-10/h10,12H,2-9H2,1H3. The molecule has 0 aromatic rings. The maximum atomic E-state index is 8.91. The molecule has 1 aliphatic carbocycles. The Morgan fingerprint density at radius 3 is 2.62 bits per heavy atom. The van der Waals surface area contributed by atoms with Crippen LogP contribution in [0.2, 0.25) is 0 Å². The summed E-state index contributed by atoms with van der Waals surface area (Å²) in [4.78, 5) is 2.45. The number of aliphatic hydroxyl groups excluding tert-OH is 1. The van der Waals surface area contributed by atoms with E-state index in [1.165, 1.54) is 30.8 Å². The van der Waals surface area contributed by atoms with Crippen LogP contribution < -0.4 is 0 Å². The second kappa shape index (κ2) is 6.68. The Morgan fingerprint density at radius 2 is 2.15 bits per heavy atom. The number of nitrogens with zero attached hydrogens (tertiary/aromatic N) is 1. The Labute approximate surface area is 85.7 Å². The van der Waals surface area contributed by atoms with Gasteiger partial charge in [0.1, 0.15) is 0 Å². The molecule has 1 saturated carbocycles. The fourth-order valence-corrected chi connectivity index (χ4v) is 2.34. The molecule has 0 unspecified atom stereocenters. The Balaban J connectivity index is 2.12. The molecule has 0 spiro atoms.